The van der Waals surface area contributed by atoms with E-state index in [0.29, 0.717) is 11.8 Å². The largest absolute Gasteiger partial charge is 0.455 e. The SMILES string of the molecule is Cc1cc(C)c(-c2nnc(-c3ccc(-c4cccc5c4oc4ccccc45)cc3)o2)c(C)c1. The van der Waals surface area contributed by atoms with E-state index in [2.05, 4.69) is 79.5 Å². The van der Waals surface area contributed by atoms with Crippen molar-refractivity contribution >= 4 is 21.9 Å². The number of aromatic nitrogens is 2. The van der Waals surface area contributed by atoms with Gasteiger partial charge in [0.05, 0.1) is 0 Å². The lowest BCUT2D eigenvalue weighted by Crippen LogP contribution is -1.90. The first-order chi connectivity index (χ1) is 16.1. The molecule has 0 amide bonds. The molecule has 0 aliphatic heterocycles. The number of rotatable bonds is 3. The Balaban J connectivity index is 1.38. The van der Waals surface area contributed by atoms with Crippen molar-refractivity contribution < 1.29 is 8.83 Å². The van der Waals surface area contributed by atoms with Crippen molar-refractivity contribution in [2.75, 3.05) is 0 Å². The molecule has 0 aliphatic rings. The first-order valence-electron chi connectivity index (χ1n) is 11.0. The zero-order valence-electron chi connectivity index (χ0n) is 18.7. The van der Waals surface area contributed by atoms with Gasteiger partial charge in [-0.25, -0.2) is 0 Å². The number of benzene rings is 4. The first kappa shape index (κ1) is 19.5. The third-order valence-corrected chi connectivity index (χ3v) is 6.16. The smallest absolute Gasteiger partial charge is 0.248 e. The predicted octanol–water partition coefficient (Wildman–Crippen LogP) is 7.90. The lowest BCUT2D eigenvalue weighted by atomic mass is 10.00. The number of nitrogens with zero attached hydrogens (tertiary/aromatic N) is 2. The van der Waals surface area contributed by atoms with Crippen LogP contribution in [0.15, 0.2) is 87.7 Å². The average molecular weight is 431 g/mol. The molecule has 0 spiro atoms. The van der Waals surface area contributed by atoms with E-state index in [1.807, 2.05) is 30.3 Å². The summed E-state index contributed by atoms with van der Waals surface area (Å²) >= 11 is 0. The Morgan fingerprint density at radius 1 is 0.606 bits per heavy atom. The van der Waals surface area contributed by atoms with Gasteiger partial charge in [-0.3, -0.25) is 0 Å². The Bertz CT molecular complexity index is 1620. The van der Waals surface area contributed by atoms with Crippen molar-refractivity contribution in [1.29, 1.82) is 0 Å². The molecule has 160 valence electrons. The number of para-hydroxylation sites is 2. The van der Waals surface area contributed by atoms with Gasteiger partial charge in [0.25, 0.3) is 0 Å². The van der Waals surface area contributed by atoms with Crippen LogP contribution in [-0.2, 0) is 0 Å². The maximum atomic E-state index is 6.20. The summed E-state index contributed by atoms with van der Waals surface area (Å²) in [6, 6.07) is 26.9. The van der Waals surface area contributed by atoms with Crippen LogP contribution >= 0.6 is 0 Å². The van der Waals surface area contributed by atoms with Gasteiger partial charge in [0.1, 0.15) is 11.2 Å². The molecule has 6 aromatic rings. The van der Waals surface area contributed by atoms with Gasteiger partial charge < -0.3 is 8.83 Å². The molecule has 0 saturated carbocycles. The van der Waals surface area contributed by atoms with E-state index in [9.17, 15) is 0 Å². The summed E-state index contributed by atoms with van der Waals surface area (Å²) in [5.74, 6) is 1.06. The summed E-state index contributed by atoms with van der Waals surface area (Å²) in [6.45, 7) is 6.25. The molecular weight excluding hydrogens is 408 g/mol. The first-order valence-corrected chi connectivity index (χ1v) is 11.0. The van der Waals surface area contributed by atoms with Crippen molar-refractivity contribution in [2.45, 2.75) is 20.8 Å². The highest BCUT2D eigenvalue weighted by atomic mass is 16.4. The fourth-order valence-electron chi connectivity index (χ4n) is 4.73. The summed E-state index contributed by atoms with van der Waals surface area (Å²) in [5, 5.41) is 10.9. The fraction of sp³-hybridized carbons (Fsp3) is 0.103. The molecule has 4 aromatic carbocycles. The van der Waals surface area contributed by atoms with Crippen LogP contribution in [0, 0.1) is 20.8 Å². The molecule has 4 heteroatoms. The van der Waals surface area contributed by atoms with Gasteiger partial charge in [0.15, 0.2) is 0 Å². The highest BCUT2D eigenvalue weighted by molar-refractivity contribution is 6.09. The van der Waals surface area contributed by atoms with Gasteiger partial charge in [-0.2, -0.15) is 0 Å². The molecule has 0 atom stereocenters. The average Bonchev–Trinajstić information content (AvgIpc) is 3.44. The quantitative estimate of drug-likeness (QED) is 0.286. The van der Waals surface area contributed by atoms with Crippen molar-refractivity contribution in [3.05, 3.63) is 95.6 Å². The van der Waals surface area contributed by atoms with Crippen LogP contribution in [0.5, 0.6) is 0 Å². The molecule has 0 bridgehead atoms. The lowest BCUT2D eigenvalue weighted by Gasteiger charge is -2.07. The van der Waals surface area contributed by atoms with Gasteiger partial charge >= 0.3 is 0 Å². The van der Waals surface area contributed by atoms with Crippen LogP contribution in [0.1, 0.15) is 16.7 Å². The minimum Gasteiger partial charge on any atom is -0.455 e. The van der Waals surface area contributed by atoms with E-state index < -0.39 is 0 Å². The Morgan fingerprint density at radius 3 is 2.06 bits per heavy atom. The lowest BCUT2D eigenvalue weighted by molar-refractivity contribution is 0.583. The maximum absolute atomic E-state index is 6.20. The van der Waals surface area contributed by atoms with Crippen LogP contribution in [0.4, 0.5) is 0 Å². The Labute approximate surface area is 191 Å². The Morgan fingerprint density at radius 2 is 1.27 bits per heavy atom. The molecule has 2 heterocycles. The van der Waals surface area contributed by atoms with E-state index >= 15 is 0 Å². The normalized spacial score (nSPS) is 11.5. The number of hydrogen-bond donors (Lipinski definition) is 0. The Kier molecular flexibility index (Phi) is 4.40. The number of aryl methyl sites for hydroxylation is 3. The minimum atomic E-state index is 0.512. The molecule has 0 saturated heterocycles. The van der Waals surface area contributed by atoms with Crippen LogP contribution in [0.2, 0.25) is 0 Å². The zero-order chi connectivity index (χ0) is 22.5. The van der Waals surface area contributed by atoms with Gasteiger partial charge in [0, 0.05) is 27.5 Å². The topological polar surface area (TPSA) is 52.1 Å². The van der Waals surface area contributed by atoms with E-state index in [4.69, 9.17) is 8.83 Å². The van der Waals surface area contributed by atoms with Gasteiger partial charge in [-0.05, 0) is 55.7 Å². The molecule has 33 heavy (non-hydrogen) atoms. The molecule has 2 aromatic heterocycles. The second-order valence-electron chi connectivity index (χ2n) is 8.54. The number of hydrogen-bond acceptors (Lipinski definition) is 4. The summed E-state index contributed by atoms with van der Waals surface area (Å²) in [4.78, 5) is 0. The summed E-state index contributed by atoms with van der Waals surface area (Å²) < 4.78 is 12.3. The number of furan rings is 1. The highest BCUT2D eigenvalue weighted by Crippen LogP contribution is 2.36. The van der Waals surface area contributed by atoms with E-state index in [-0.39, 0.29) is 0 Å². The second-order valence-corrected chi connectivity index (χ2v) is 8.54. The van der Waals surface area contributed by atoms with E-state index in [1.54, 1.807) is 0 Å². The van der Waals surface area contributed by atoms with Crippen molar-refractivity contribution in [2.24, 2.45) is 0 Å². The third-order valence-electron chi connectivity index (χ3n) is 6.16. The summed E-state index contributed by atoms with van der Waals surface area (Å²) in [7, 11) is 0. The molecule has 0 unspecified atom stereocenters. The zero-order valence-corrected chi connectivity index (χ0v) is 18.7. The molecular formula is C29H22N2O2. The highest BCUT2D eigenvalue weighted by Gasteiger charge is 2.16. The van der Waals surface area contributed by atoms with Crippen molar-refractivity contribution in [3.63, 3.8) is 0 Å². The van der Waals surface area contributed by atoms with E-state index in [1.165, 1.54) is 5.56 Å². The molecule has 0 N–H and O–H groups in total. The molecule has 6 rings (SSSR count). The predicted molar refractivity (Wildman–Crippen MR) is 132 cm³/mol. The van der Waals surface area contributed by atoms with Crippen LogP contribution in [0.25, 0.3) is 56.0 Å². The van der Waals surface area contributed by atoms with Crippen LogP contribution in [0.3, 0.4) is 0 Å². The fourth-order valence-corrected chi connectivity index (χ4v) is 4.73. The monoisotopic (exact) mass is 430 g/mol. The number of fused-ring (bicyclic) bond motifs is 3. The molecule has 0 radical (unpaired) electrons. The molecule has 0 fully saturated rings. The summed E-state index contributed by atoms with van der Waals surface area (Å²) in [6.07, 6.45) is 0. The van der Waals surface area contributed by atoms with Crippen molar-refractivity contribution in [3.8, 4) is 34.0 Å². The van der Waals surface area contributed by atoms with Crippen LogP contribution in [-0.4, -0.2) is 10.2 Å². The maximum Gasteiger partial charge on any atom is 0.248 e. The Hall–Kier alpha value is -4.18. The van der Waals surface area contributed by atoms with Crippen molar-refractivity contribution in [1.82, 2.24) is 10.2 Å². The minimum absolute atomic E-state index is 0.512. The van der Waals surface area contributed by atoms with Gasteiger partial charge in [-0.15, -0.1) is 10.2 Å². The molecule has 0 aliphatic carbocycles. The standard InChI is InChI=1S/C29H22N2O2/c1-17-15-18(2)26(19(3)16-17)29-31-30-28(33-29)21-13-11-20(12-14-21)22-8-6-9-24-23-7-4-5-10-25(23)32-27(22)24/h4-16H,1-3H3. The van der Waals surface area contributed by atoms with E-state index in [0.717, 1.165) is 55.3 Å². The second kappa shape index (κ2) is 7.45. The van der Waals surface area contributed by atoms with Gasteiger partial charge in [-0.1, -0.05) is 66.2 Å². The molecule has 4 nitrogen and oxygen atoms in total. The summed E-state index contributed by atoms with van der Waals surface area (Å²) in [5.41, 5.74) is 9.33. The van der Waals surface area contributed by atoms with Crippen LogP contribution < -0.4 is 0 Å². The third kappa shape index (κ3) is 3.23. The van der Waals surface area contributed by atoms with Gasteiger partial charge in [0.2, 0.25) is 11.8 Å².